The van der Waals surface area contributed by atoms with E-state index < -0.39 is 11.9 Å². The van der Waals surface area contributed by atoms with Crippen molar-refractivity contribution in [3.63, 3.8) is 0 Å². The minimum Gasteiger partial charge on any atom is -0.462 e. The van der Waals surface area contributed by atoms with Crippen molar-refractivity contribution in [3.05, 3.63) is 86.8 Å². The van der Waals surface area contributed by atoms with Crippen molar-refractivity contribution >= 4 is 22.7 Å². The molecule has 2 aromatic rings. The number of fused-ring (bicyclic) bond motifs is 1. The molecule has 0 saturated carbocycles. The highest BCUT2D eigenvalue weighted by Crippen LogP contribution is 2.25. The van der Waals surface area contributed by atoms with Crippen LogP contribution in [-0.2, 0) is 19.1 Å². The monoisotopic (exact) mass is 352 g/mol. The summed E-state index contributed by atoms with van der Waals surface area (Å²) in [5.41, 5.74) is 0. The summed E-state index contributed by atoms with van der Waals surface area (Å²) in [5, 5.41) is 1.85. The fourth-order valence-electron chi connectivity index (χ4n) is 1.85. The van der Waals surface area contributed by atoms with E-state index >= 15 is 0 Å². The predicted molar refractivity (Wildman–Crippen MR) is 96.1 cm³/mol. The maximum absolute atomic E-state index is 10.9. The van der Waals surface area contributed by atoms with E-state index in [1.54, 1.807) is 12.1 Å². The van der Waals surface area contributed by atoms with Crippen LogP contribution in [0.1, 0.15) is 0 Å². The third-order valence-corrected chi connectivity index (χ3v) is 3.00. The Morgan fingerprint density at radius 3 is 1.50 bits per heavy atom. The van der Waals surface area contributed by atoms with E-state index in [-0.39, 0.29) is 0 Å². The fraction of sp³-hybridized carbons (Fsp3) is 0. The lowest BCUT2D eigenvalue weighted by Gasteiger charge is -2.05. The van der Waals surface area contributed by atoms with Gasteiger partial charge in [-0.15, -0.1) is 0 Å². The van der Waals surface area contributed by atoms with Gasteiger partial charge in [0.25, 0.3) is 0 Å². The van der Waals surface area contributed by atoms with Crippen LogP contribution in [0.25, 0.3) is 10.8 Å². The highest BCUT2D eigenvalue weighted by atomic mass is 16.5. The Morgan fingerprint density at radius 2 is 1.12 bits per heavy atom. The van der Waals surface area contributed by atoms with Crippen LogP contribution in [0.2, 0.25) is 0 Å². The summed E-state index contributed by atoms with van der Waals surface area (Å²) in [6.07, 6.45) is 6.90. The highest BCUT2D eigenvalue weighted by molar-refractivity contribution is 5.85. The molecular formula is C20H16O6. The van der Waals surface area contributed by atoms with E-state index in [0.29, 0.717) is 11.5 Å². The quantitative estimate of drug-likeness (QED) is 0.406. The molecule has 0 aliphatic carbocycles. The van der Waals surface area contributed by atoms with E-state index in [4.69, 9.17) is 9.47 Å². The van der Waals surface area contributed by atoms with Gasteiger partial charge in [0, 0.05) is 12.2 Å². The lowest BCUT2D eigenvalue weighted by atomic mass is 10.1. The average Bonchev–Trinajstić information content (AvgIpc) is 2.67. The number of ether oxygens (including phenoxy) is 4. The van der Waals surface area contributed by atoms with Gasteiger partial charge >= 0.3 is 11.9 Å². The van der Waals surface area contributed by atoms with Gasteiger partial charge in [0.1, 0.15) is 36.5 Å². The maximum atomic E-state index is 10.9. The Kier molecular flexibility index (Phi) is 6.76. The molecule has 6 nitrogen and oxygen atoms in total. The largest absolute Gasteiger partial charge is 0.462 e. The number of benzene rings is 2. The summed E-state index contributed by atoms with van der Waals surface area (Å²) < 4.78 is 20.0. The lowest BCUT2D eigenvalue weighted by Crippen LogP contribution is -1.93. The second-order valence-corrected chi connectivity index (χ2v) is 4.73. The Labute approximate surface area is 150 Å². The van der Waals surface area contributed by atoms with Gasteiger partial charge in [-0.05, 0) is 35.0 Å². The van der Waals surface area contributed by atoms with E-state index in [2.05, 4.69) is 22.6 Å². The summed E-state index contributed by atoms with van der Waals surface area (Å²) in [7, 11) is 0. The van der Waals surface area contributed by atoms with Gasteiger partial charge in [-0.3, -0.25) is 0 Å². The van der Waals surface area contributed by atoms with E-state index in [9.17, 15) is 9.59 Å². The molecule has 132 valence electrons. The zero-order valence-corrected chi connectivity index (χ0v) is 13.8. The molecule has 0 fully saturated rings. The second kappa shape index (κ2) is 9.48. The molecule has 0 bridgehead atoms. The van der Waals surface area contributed by atoms with Gasteiger partial charge in [0.15, 0.2) is 0 Å². The highest BCUT2D eigenvalue weighted by Gasteiger charge is 2.00. The van der Waals surface area contributed by atoms with Crippen molar-refractivity contribution in [2.75, 3.05) is 0 Å². The molecular weight excluding hydrogens is 336 g/mol. The predicted octanol–water partition coefficient (Wildman–Crippen LogP) is 4.00. The SMILES string of the molecule is C=CC(=O)O/C=C\Oc1ccc2cc(O/C=C\OC(=O)C=C)ccc2c1. The van der Waals surface area contributed by atoms with Crippen LogP contribution in [-0.4, -0.2) is 11.9 Å². The molecule has 0 saturated heterocycles. The van der Waals surface area contributed by atoms with Crippen LogP contribution < -0.4 is 9.47 Å². The summed E-state index contributed by atoms with van der Waals surface area (Å²) in [5.74, 6) is 0.0232. The zero-order valence-electron chi connectivity index (χ0n) is 13.8. The number of carbonyl (C=O) groups excluding carboxylic acids is 2. The van der Waals surface area contributed by atoms with Gasteiger partial charge in [0.2, 0.25) is 0 Å². The summed E-state index contributed by atoms with van der Waals surface area (Å²) in [6.45, 7) is 6.57. The van der Waals surface area contributed by atoms with Crippen LogP contribution in [0.5, 0.6) is 11.5 Å². The summed E-state index contributed by atoms with van der Waals surface area (Å²) in [4.78, 5) is 21.8. The van der Waals surface area contributed by atoms with Crippen LogP contribution >= 0.6 is 0 Å². The molecule has 6 heteroatoms. The van der Waals surface area contributed by atoms with Crippen molar-refractivity contribution in [1.29, 1.82) is 0 Å². The van der Waals surface area contributed by atoms with Crippen LogP contribution in [0, 0.1) is 0 Å². The lowest BCUT2D eigenvalue weighted by molar-refractivity contribution is -0.133. The molecule has 0 aromatic heterocycles. The Hall–Kier alpha value is -3.80. The zero-order chi connectivity index (χ0) is 18.8. The average molecular weight is 352 g/mol. The number of esters is 2. The van der Waals surface area contributed by atoms with Gasteiger partial charge < -0.3 is 18.9 Å². The molecule has 0 unspecified atom stereocenters. The third-order valence-electron chi connectivity index (χ3n) is 3.00. The van der Waals surface area contributed by atoms with Crippen molar-refractivity contribution in [2.45, 2.75) is 0 Å². The number of hydrogen-bond donors (Lipinski definition) is 0. The minimum atomic E-state index is -0.566. The van der Waals surface area contributed by atoms with Gasteiger partial charge in [-0.2, -0.15) is 0 Å². The third kappa shape index (κ3) is 5.68. The molecule has 2 rings (SSSR count). The molecule has 0 spiro atoms. The molecule has 0 radical (unpaired) electrons. The first-order chi connectivity index (χ1) is 12.6. The van der Waals surface area contributed by atoms with Crippen LogP contribution in [0.4, 0.5) is 0 Å². The Morgan fingerprint density at radius 1 is 0.692 bits per heavy atom. The van der Waals surface area contributed by atoms with E-state index in [1.807, 2.05) is 24.3 Å². The van der Waals surface area contributed by atoms with Gasteiger partial charge in [-0.1, -0.05) is 25.3 Å². The van der Waals surface area contributed by atoms with Gasteiger partial charge in [0.05, 0.1) is 0 Å². The molecule has 2 aromatic carbocycles. The summed E-state index contributed by atoms with van der Waals surface area (Å²) >= 11 is 0. The number of carbonyl (C=O) groups is 2. The molecule has 26 heavy (non-hydrogen) atoms. The smallest absolute Gasteiger partial charge is 0.335 e. The van der Waals surface area contributed by atoms with Crippen molar-refractivity contribution in [2.24, 2.45) is 0 Å². The van der Waals surface area contributed by atoms with Crippen molar-refractivity contribution < 1.29 is 28.5 Å². The molecule has 0 atom stereocenters. The van der Waals surface area contributed by atoms with E-state index in [1.165, 1.54) is 12.5 Å². The van der Waals surface area contributed by atoms with Crippen LogP contribution in [0.15, 0.2) is 86.8 Å². The molecule has 0 aliphatic heterocycles. The Balaban J connectivity index is 1.98. The van der Waals surface area contributed by atoms with Crippen molar-refractivity contribution in [3.8, 4) is 11.5 Å². The number of rotatable bonds is 8. The van der Waals surface area contributed by atoms with Crippen molar-refractivity contribution in [1.82, 2.24) is 0 Å². The number of hydrogen-bond acceptors (Lipinski definition) is 6. The Bertz CT molecular complexity index is 806. The standard InChI is InChI=1S/C20H16O6/c1-3-19(21)25-11-9-23-17-7-5-16-14-18(8-6-15(16)13-17)24-10-12-26-20(22)4-2/h3-14H,1-2H2/b11-9-,12-10-. The molecule has 0 amide bonds. The van der Waals surface area contributed by atoms with Crippen LogP contribution in [0.3, 0.4) is 0 Å². The maximum Gasteiger partial charge on any atom is 0.335 e. The first kappa shape index (κ1) is 18.5. The van der Waals surface area contributed by atoms with Gasteiger partial charge in [-0.25, -0.2) is 9.59 Å². The first-order valence-corrected chi connectivity index (χ1v) is 7.45. The first-order valence-electron chi connectivity index (χ1n) is 7.45. The minimum absolute atomic E-state index is 0.566. The van der Waals surface area contributed by atoms with E-state index in [0.717, 1.165) is 35.4 Å². The summed E-state index contributed by atoms with van der Waals surface area (Å²) in [6, 6.07) is 10.9. The molecule has 0 aliphatic rings. The topological polar surface area (TPSA) is 71.1 Å². The normalized spacial score (nSPS) is 10.6. The fourth-order valence-corrected chi connectivity index (χ4v) is 1.85. The molecule has 0 N–H and O–H groups in total. The molecule has 0 heterocycles. The second-order valence-electron chi connectivity index (χ2n) is 4.73.